The van der Waals surface area contributed by atoms with Crippen LogP contribution in [-0.2, 0) is 4.74 Å². The van der Waals surface area contributed by atoms with Gasteiger partial charge in [-0.2, -0.15) is 8.78 Å². The van der Waals surface area contributed by atoms with E-state index < -0.39 is 6.61 Å². The van der Waals surface area contributed by atoms with E-state index in [-0.39, 0.29) is 17.8 Å². The van der Waals surface area contributed by atoms with Crippen LogP contribution in [0.4, 0.5) is 8.78 Å². The summed E-state index contributed by atoms with van der Waals surface area (Å²) in [5, 5.41) is 0.644. The highest BCUT2D eigenvalue weighted by Gasteiger charge is 2.24. The van der Waals surface area contributed by atoms with Crippen LogP contribution in [-0.4, -0.2) is 48.5 Å². The molecule has 0 aromatic heterocycles. The van der Waals surface area contributed by atoms with Gasteiger partial charge in [0.1, 0.15) is 5.75 Å². The summed E-state index contributed by atoms with van der Waals surface area (Å²) in [5.74, 6) is -0.227. The molecule has 1 aromatic carbocycles. The molecule has 0 N–H and O–H groups in total. The van der Waals surface area contributed by atoms with Gasteiger partial charge in [-0.25, -0.2) is 0 Å². The van der Waals surface area contributed by atoms with Crippen molar-refractivity contribution in [3.05, 3.63) is 29.8 Å². The molecule has 0 saturated carbocycles. The van der Waals surface area contributed by atoms with Crippen molar-refractivity contribution < 1.29 is 23.0 Å². The minimum Gasteiger partial charge on any atom is -0.435 e. The quantitative estimate of drug-likeness (QED) is 0.784. The van der Waals surface area contributed by atoms with Crippen LogP contribution in [0.25, 0.3) is 0 Å². The molecule has 0 aliphatic carbocycles. The smallest absolute Gasteiger partial charge is 0.387 e. The Labute approximate surface area is 123 Å². The molecule has 1 atom stereocenters. The minimum absolute atomic E-state index is 0.0175. The highest BCUT2D eigenvalue weighted by atomic mass is 79.9. The lowest BCUT2D eigenvalue weighted by atomic mass is 10.1. The van der Waals surface area contributed by atoms with Crippen molar-refractivity contribution in [3.63, 3.8) is 0 Å². The first-order valence-corrected chi connectivity index (χ1v) is 7.24. The largest absolute Gasteiger partial charge is 0.435 e. The van der Waals surface area contributed by atoms with Crippen molar-refractivity contribution in [2.24, 2.45) is 0 Å². The molecule has 1 amide bonds. The molecule has 1 saturated heterocycles. The van der Waals surface area contributed by atoms with Gasteiger partial charge in [0.15, 0.2) is 0 Å². The molecule has 110 valence electrons. The second-order valence-corrected chi connectivity index (χ2v) is 4.95. The van der Waals surface area contributed by atoms with Crippen LogP contribution in [0.1, 0.15) is 10.4 Å². The summed E-state index contributed by atoms with van der Waals surface area (Å²) in [6.45, 7) is -1.47. The summed E-state index contributed by atoms with van der Waals surface area (Å²) in [7, 11) is 0. The number of hydrogen-bond donors (Lipinski definition) is 0. The molecule has 7 heteroatoms. The van der Waals surface area contributed by atoms with Crippen LogP contribution in [0.5, 0.6) is 5.75 Å². The van der Waals surface area contributed by atoms with Gasteiger partial charge in [0.25, 0.3) is 5.91 Å². The van der Waals surface area contributed by atoms with Crippen LogP contribution < -0.4 is 4.74 Å². The van der Waals surface area contributed by atoms with Gasteiger partial charge in [0.05, 0.1) is 12.7 Å². The van der Waals surface area contributed by atoms with Crippen LogP contribution in [0, 0.1) is 0 Å². The third-order valence-corrected chi connectivity index (χ3v) is 3.63. The van der Waals surface area contributed by atoms with Crippen LogP contribution in [0.15, 0.2) is 24.3 Å². The van der Waals surface area contributed by atoms with Gasteiger partial charge < -0.3 is 14.4 Å². The summed E-state index contributed by atoms with van der Waals surface area (Å²) >= 11 is 3.32. The number of halogens is 3. The lowest BCUT2D eigenvalue weighted by Gasteiger charge is -2.32. The number of ether oxygens (including phenoxy) is 2. The summed E-state index contributed by atoms with van der Waals surface area (Å²) < 4.78 is 34.1. The van der Waals surface area contributed by atoms with Crippen LogP contribution in [0.2, 0.25) is 0 Å². The van der Waals surface area contributed by atoms with Gasteiger partial charge in [0, 0.05) is 24.0 Å². The molecule has 0 radical (unpaired) electrons. The Morgan fingerprint density at radius 3 is 3.05 bits per heavy atom. The number of hydrogen-bond acceptors (Lipinski definition) is 3. The summed E-state index contributed by atoms with van der Waals surface area (Å²) in [6, 6.07) is 5.82. The molecule has 1 unspecified atom stereocenters. The van der Waals surface area contributed by atoms with E-state index in [9.17, 15) is 13.6 Å². The molecular formula is C13H14BrF2NO3. The van der Waals surface area contributed by atoms with E-state index in [4.69, 9.17) is 4.74 Å². The number of benzene rings is 1. The fourth-order valence-corrected chi connectivity index (χ4v) is 2.38. The molecule has 0 bridgehead atoms. The lowest BCUT2D eigenvalue weighted by Crippen LogP contribution is -2.46. The number of amides is 1. The number of carbonyl (C=O) groups is 1. The van der Waals surface area contributed by atoms with E-state index in [1.807, 2.05) is 0 Å². The first-order chi connectivity index (χ1) is 9.60. The molecular weight excluding hydrogens is 336 g/mol. The fourth-order valence-electron chi connectivity index (χ4n) is 1.99. The van der Waals surface area contributed by atoms with Crippen molar-refractivity contribution in [1.82, 2.24) is 4.90 Å². The molecule has 4 nitrogen and oxygen atoms in total. The van der Waals surface area contributed by atoms with E-state index in [1.165, 1.54) is 18.2 Å². The summed E-state index contributed by atoms with van der Waals surface area (Å²) in [4.78, 5) is 14.0. The number of nitrogens with zero attached hydrogens (tertiary/aromatic N) is 1. The fraction of sp³-hybridized carbons (Fsp3) is 0.462. The molecule has 20 heavy (non-hydrogen) atoms. The zero-order chi connectivity index (χ0) is 14.5. The van der Waals surface area contributed by atoms with Gasteiger partial charge in [-0.3, -0.25) is 4.79 Å². The van der Waals surface area contributed by atoms with E-state index in [0.717, 1.165) is 0 Å². The molecule has 1 aliphatic heterocycles. The van der Waals surface area contributed by atoms with E-state index >= 15 is 0 Å². The predicted molar refractivity (Wildman–Crippen MR) is 72.5 cm³/mol. The van der Waals surface area contributed by atoms with Crippen LogP contribution in [0.3, 0.4) is 0 Å². The first kappa shape index (κ1) is 15.2. The van der Waals surface area contributed by atoms with Gasteiger partial charge in [-0.15, -0.1) is 0 Å². The second kappa shape index (κ2) is 6.99. The normalized spacial score (nSPS) is 19.2. The first-order valence-electron chi connectivity index (χ1n) is 6.12. The summed E-state index contributed by atoms with van der Waals surface area (Å²) in [5.41, 5.74) is 0.332. The van der Waals surface area contributed by atoms with E-state index in [2.05, 4.69) is 20.7 Å². The van der Waals surface area contributed by atoms with Crippen molar-refractivity contribution in [3.8, 4) is 5.75 Å². The van der Waals surface area contributed by atoms with E-state index in [0.29, 0.717) is 30.6 Å². The monoisotopic (exact) mass is 349 g/mol. The summed E-state index contributed by atoms with van der Waals surface area (Å²) in [6.07, 6.45) is -0.0480. The van der Waals surface area contributed by atoms with Gasteiger partial charge in [-0.1, -0.05) is 22.0 Å². The maximum atomic E-state index is 12.3. The average molecular weight is 350 g/mol. The lowest BCUT2D eigenvalue weighted by molar-refractivity contribution is -0.0499. The standard InChI is InChI=1S/C13H14BrF2NO3/c14-7-11-8-17(4-5-19-11)12(18)9-2-1-3-10(6-9)20-13(15)16/h1-3,6,11,13H,4-5,7-8H2. The maximum Gasteiger partial charge on any atom is 0.387 e. The zero-order valence-corrected chi connectivity index (χ0v) is 12.2. The van der Waals surface area contributed by atoms with Gasteiger partial charge in [-0.05, 0) is 18.2 Å². The average Bonchev–Trinajstić information content (AvgIpc) is 2.46. The SMILES string of the molecule is O=C(c1cccc(OC(F)F)c1)N1CCOC(CBr)C1. The highest BCUT2D eigenvalue weighted by Crippen LogP contribution is 2.18. The maximum absolute atomic E-state index is 12.3. The zero-order valence-electron chi connectivity index (χ0n) is 10.6. The van der Waals surface area contributed by atoms with E-state index in [1.54, 1.807) is 11.0 Å². The van der Waals surface area contributed by atoms with Gasteiger partial charge in [0.2, 0.25) is 0 Å². The molecule has 1 fully saturated rings. The van der Waals surface area contributed by atoms with Crippen molar-refractivity contribution in [1.29, 1.82) is 0 Å². The number of morpholine rings is 1. The Morgan fingerprint density at radius 2 is 2.35 bits per heavy atom. The number of alkyl halides is 3. The van der Waals surface area contributed by atoms with Crippen molar-refractivity contribution in [2.75, 3.05) is 25.0 Å². The molecule has 0 spiro atoms. The Bertz CT molecular complexity index is 473. The second-order valence-electron chi connectivity index (χ2n) is 4.30. The Hall–Kier alpha value is -1.21. The number of rotatable bonds is 4. The molecule has 1 heterocycles. The van der Waals surface area contributed by atoms with Crippen molar-refractivity contribution >= 4 is 21.8 Å². The third-order valence-electron chi connectivity index (χ3n) is 2.90. The Morgan fingerprint density at radius 1 is 1.55 bits per heavy atom. The molecule has 2 rings (SSSR count). The topological polar surface area (TPSA) is 38.8 Å². The Kier molecular flexibility index (Phi) is 5.31. The van der Waals surface area contributed by atoms with Gasteiger partial charge >= 0.3 is 6.61 Å². The third kappa shape index (κ3) is 3.89. The minimum atomic E-state index is -2.90. The molecule has 1 aromatic rings. The van der Waals surface area contributed by atoms with Crippen LogP contribution >= 0.6 is 15.9 Å². The predicted octanol–water partition coefficient (Wildman–Crippen LogP) is 2.52. The molecule has 1 aliphatic rings. The van der Waals surface area contributed by atoms with Crippen molar-refractivity contribution in [2.45, 2.75) is 12.7 Å². The number of carbonyl (C=O) groups excluding carboxylic acids is 1. The highest BCUT2D eigenvalue weighted by molar-refractivity contribution is 9.09. The Balaban J connectivity index is 2.08.